The smallest absolute Gasteiger partial charge is 0.0553 e. The Bertz CT molecular complexity index is 375. The summed E-state index contributed by atoms with van der Waals surface area (Å²) in [6, 6.07) is 4.39. The summed E-state index contributed by atoms with van der Waals surface area (Å²) in [6.45, 7) is 14.8. The van der Waals surface area contributed by atoms with Crippen LogP contribution in [0.3, 0.4) is 0 Å². The van der Waals surface area contributed by atoms with Gasteiger partial charge in [0.25, 0.3) is 0 Å². The molecule has 0 N–H and O–H groups in total. The lowest BCUT2D eigenvalue weighted by Crippen LogP contribution is -2.47. The van der Waals surface area contributed by atoms with Crippen LogP contribution in [0.2, 0.25) is 0 Å². The van der Waals surface area contributed by atoms with Crippen LogP contribution in [0.4, 0.5) is 5.69 Å². The monoisotopic (exact) mass is 261 g/mol. The lowest BCUT2D eigenvalue weighted by molar-refractivity contribution is 0.231. The van der Waals surface area contributed by atoms with Crippen LogP contribution in [-0.4, -0.2) is 42.6 Å². The molecule has 0 spiro atoms. The number of anilines is 1. The van der Waals surface area contributed by atoms with Crippen LogP contribution in [0.1, 0.15) is 39.3 Å². The molecule has 0 aromatic carbocycles. The van der Waals surface area contributed by atoms with Gasteiger partial charge in [0.05, 0.1) is 11.9 Å². The summed E-state index contributed by atoms with van der Waals surface area (Å²) in [6.07, 6.45) is 2.04. The van der Waals surface area contributed by atoms with E-state index in [1.807, 2.05) is 6.20 Å². The molecule has 3 nitrogen and oxygen atoms in total. The highest BCUT2D eigenvalue weighted by Crippen LogP contribution is 2.19. The van der Waals surface area contributed by atoms with Crippen LogP contribution >= 0.6 is 0 Å². The quantitative estimate of drug-likeness (QED) is 0.830. The van der Waals surface area contributed by atoms with E-state index in [4.69, 9.17) is 0 Å². The van der Waals surface area contributed by atoms with Crippen molar-refractivity contribution < 1.29 is 0 Å². The lowest BCUT2D eigenvalue weighted by atomic mass is 10.1. The van der Waals surface area contributed by atoms with Gasteiger partial charge in [0.2, 0.25) is 0 Å². The highest BCUT2D eigenvalue weighted by atomic mass is 15.3. The van der Waals surface area contributed by atoms with Crippen molar-refractivity contribution in [3.63, 3.8) is 0 Å². The molecule has 3 heteroatoms. The van der Waals surface area contributed by atoms with Crippen LogP contribution < -0.4 is 4.90 Å². The van der Waals surface area contributed by atoms with E-state index in [1.165, 1.54) is 31.0 Å². The van der Waals surface area contributed by atoms with Gasteiger partial charge in [-0.3, -0.25) is 9.88 Å². The van der Waals surface area contributed by atoms with E-state index in [2.05, 4.69) is 54.6 Å². The Morgan fingerprint density at radius 2 is 1.74 bits per heavy atom. The van der Waals surface area contributed by atoms with E-state index in [9.17, 15) is 0 Å². The number of rotatable bonds is 4. The van der Waals surface area contributed by atoms with Crippen molar-refractivity contribution in [2.45, 2.75) is 33.6 Å². The van der Waals surface area contributed by atoms with E-state index < -0.39 is 0 Å². The minimum Gasteiger partial charge on any atom is -0.368 e. The Kier molecular flexibility index (Phi) is 4.81. The molecule has 0 bridgehead atoms. The zero-order chi connectivity index (χ0) is 13.8. The minimum atomic E-state index is 0.511. The predicted octanol–water partition coefficient (Wildman–Crippen LogP) is 2.98. The topological polar surface area (TPSA) is 19.4 Å². The molecular weight excluding hydrogens is 234 g/mol. The van der Waals surface area contributed by atoms with Crippen molar-refractivity contribution in [1.29, 1.82) is 0 Å². The van der Waals surface area contributed by atoms with Gasteiger partial charge < -0.3 is 4.90 Å². The molecule has 1 aliphatic rings. The predicted molar refractivity (Wildman–Crippen MR) is 81.8 cm³/mol. The molecule has 106 valence electrons. The van der Waals surface area contributed by atoms with Crippen molar-refractivity contribution >= 4 is 5.69 Å². The Hall–Kier alpha value is -1.09. The van der Waals surface area contributed by atoms with Crippen molar-refractivity contribution in [1.82, 2.24) is 9.88 Å². The third kappa shape index (κ3) is 3.93. The summed E-state index contributed by atoms with van der Waals surface area (Å²) < 4.78 is 0. The average molecular weight is 261 g/mol. The lowest BCUT2D eigenvalue weighted by Gasteiger charge is -2.36. The second-order valence-corrected chi connectivity index (χ2v) is 6.28. The van der Waals surface area contributed by atoms with Crippen molar-refractivity contribution in [2.24, 2.45) is 5.92 Å². The van der Waals surface area contributed by atoms with Crippen molar-refractivity contribution in [3.8, 4) is 0 Å². The van der Waals surface area contributed by atoms with E-state index in [1.54, 1.807) is 0 Å². The van der Waals surface area contributed by atoms with Crippen LogP contribution in [0.5, 0.6) is 0 Å². The summed E-state index contributed by atoms with van der Waals surface area (Å²) in [5.74, 6) is 1.27. The molecule has 0 atom stereocenters. The molecule has 1 aromatic rings. The maximum atomic E-state index is 4.57. The standard InChI is InChI=1S/C16H27N3/c1-13(2)12-18-7-9-19(10-8-18)15-5-6-16(14(3)4)17-11-15/h5-6,11,13-14H,7-10,12H2,1-4H3. The number of piperazine rings is 1. The molecule has 1 fully saturated rings. The van der Waals surface area contributed by atoms with Crippen molar-refractivity contribution in [2.75, 3.05) is 37.6 Å². The zero-order valence-electron chi connectivity index (χ0n) is 12.8. The molecule has 0 aliphatic carbocycles. The first-order valence-corrected chi connectivity index (χ1v) is 7.49. The number of hydrogen-bond acceptors (Lipinski definition) is 3. The molecule has 1 aromatic heterocycles. The Balaban J connectivity index is 1.90. The van der Waals surface area contributed by atoms with Crippen molar-refractivity contribution in [3.05, 3.63) is 24.0 Å². The largest absolute Gasteiger partial charge is 0.368 e. The van der Waals surface area contributed by atoms with Gasteiger partial charge in [0.1, 0.15) is 0 Å². The van der Waals surface area contributed by atoms with Gasteiger partial charge in [0, 0.05) is 38.4 Å². The van der Waals surface area contributed by atoms with Crippen LogP contribution in [0.15, 0.2) is 18.3 Å². The van der Waals surface area contributed by atoms with Crippen LogP contribution in [0.25, 0.3) is 0 Å². The molecule has 1 aliphatic heterocycles. The fraction of sp³-hybridized carbons (Fsp3) is 0.688. The van der Waals surface area contributed by atoms with Gasteiger partial charge in [-0.05, 0) is 24.0 Å². The third-order valence-corrected chi connectivity index (χ3v) is 3.72. The number of aromatic nitrogens is 1. The third-order valence-electron chi connectivity index (χ3n) is 3.72. The molecule has 0 saturated carbocycles. The molecule has 0 amide bonds. The van der Waals surface area contributed by atoms with Gasteiger partial charge in [0.15, 0.2) is 0 Å². The number of hydrogen-bond donors (Lipinski definition) is 0. The second kappa shape index (κ2) is 6.38. The maximum Gasteiger partial charge on any atom is 0.0553 e. The molecule has 0 radical (unpaired) electrons. The average Bonchev–Trinajstić information content (AvgIpc) is 2.39. The summed E-state index contributed by atoms with van der Waals surface area (Å²) in [5.41, 5.74) is 2.45. The fourth-order valence-electron chi connectivity index (χ4n) is 2.63. The molecule has 2 rings (SSSR count). The fourth-order valence-corrected chi connectivity index (χ4v) is 2.63. The summed E-state index contributed by atoms with van der Waals surface area (Å²) >= 11 is 0. The summed E-state index contributed by atoms with van der Waals surface area (Å²) in [7, 11) is 0. The first kappa shape index (κ1) is 14.3. The van der Waals surface area contributed by atoms with Gasteiger partial charge in [-0.25, -0.2) is 0 Å². The molecule has 1 saturated heterocycles. The SMILES string of the molecule is CC(C)CN1CCN(c2ccc(C(C)C)nc2)CC1. The van der Waals surface area contributed by atoms with E-state index in [-0.39, 0.29) is 0 Å². The summed E-state index contributed by atoms with van der Waals surface area (Å²) in [5, 5.41) is 0. The molecule has 0 unspecified atom stereocenters. The zero-order valence-corrected chi connectivity index (χ0v) is 12.8. The first-order chi connectivity index (χ1) is 9.06. The van der Waals surface area contributed by atoms with Gasteiger partial charge in [-0.15, -0.1) is 0 Å². The number of pyridine rings is 1. The molecular formula is C16H27N3. The Labute approximate surface area is 117 Å². The molecule has 19 heavy (non-hydrogen) atoms. The highest BCUT2D eigenvalue weighted by molar-refractivity contribution is 5.45. The van der Waals surface area contributed by atoms with Crippen LogP contribution in [-0.2, 0) is 0 Å². The van der Waals surface area contributed by atoms with Crippen LogP contribution in [0, 0.1) is 5.92 Å². The van der Waals surface area contributed by atoms with E-state index in [0.29, 0.717) is 5.92 Å². The van der Waals surface area contributed by atoms with Gasteiger partial charge in [-0.2, -0.15) is 0 Å². The maximum absolute atomic E-state index is 4.57. The second-order valence-electron chi connectivity index (χ2n) is 6.28. The van der Waals surface area contributed by atoms with Gasteiger partial charge in [-0.1, -0.05) is 27.7 Å². The Morgan fingerprint density at radius 3 is 2.21 bits per heavy atom. The van der Waals surface area contributed by atoms with E-state index in [0.717, 1.165) is 19.0 Å². The normalized spacial score (nSPS) is 17.5. The highest BCUT2D eigenvalue weighted by Gasteiger charge is 2.17. The number of nitrogens with zero attached hydrogens (tertiary/aromatic N) is 3. The Morgan fingerprint density at radius 1 is 1.05 bits per heavy atom. The first-order valence-electron chi connectivity index (χ1n) is 7.49. The van der Waals surface area contributed by atoms with Gasteiger partial charge >= 0.3 is 0 Å². The van der Waals surface area contributed by atoms with E-state index >= 15 is 0 Å². The molecule has 2 heterocycles. The minimum absolute atomic E-state index is 0.511. The summed E-state index contributed by atoms with van der Waals surface area (Å²) in [4.78, 5) is 9.58.